The lowest BCUT2D eigenvalue weighted by atomic mass is 10.7. The topological polar surface area (TPSA) is 23.3 Å². The van der Waals surface area contributed by atoms with Crippen molar-refractivity contribution in [2.45, 2.75) is 0 Å². The Labute approximate surface area is 40.7 Å². The molecule has 0 saturated carbocycles. The molecule has 0 aliphatic carbocycles. The summed E-state index contributed by atoms with van der Waals surface area (Å²) in [5.41, 5.74) is 3.46. The summed E-state index contributed by atoms with van der Waals surface area (Å²) in [5.74, 6) is 0.920. The third-order valence-electron chi connectivity index (χ3n) is 0.426. The molecule has 0 aromatic heterocycles. The molecule has 1 rings (SSSR count). The van der Waals surface area contributed by atoms with E-state index in [1.807, 2.05) is 6.08 Å². The minimum atomic E-state index is 0.920. The molecule has 0 amide bonds. The molecule has 1 heterocycles. The van der Waals surface area contributed by atoms with E-state index >= 15 is 0 Å². The second-order valence-corrected chi connectivity index (χ2v) is 1.57. The summed E-state index contributed by atoms with van der Waals surface area (Å²) in [6, 6.07) is 0. The highest BCUT2D eigenvalue weighted by molar-refractivity contribution is 7.94. The zero-order valence-corrected chi connectivity index (χ0v) is 3.94. The molecule has 6 heavy (non-hydrogen) atoms. The van der Waals surface area contributed by atoms with Gasteiger partial charge in [-0.2, -0.15) is 4.28 Å². The van der Waals surface area contributed by atoms with Crippen LogP contribution in [0.5, 0.6) is 0 Å². The van der Waals surface area contributed by atoms with E-state index in [1.165, 1.54) is 12.0 Å². The highest BCUT2D eigenvalue weighted by Gasteiger charge is 1.88. The Bertz CT molecular complexity index is 55.8. The van der Waals surface area contributed by atoms with Crippen molar-refractivity contribution < 1.29 is 4.28 Å². The summed E-state index contributed by atoms with van der Waals surface area (Å²) in [6.45, 7) is 0. The molecule has 0 saturated heterocycles. The third kappa shape index (κ3) is 0.914. The second kappa shape index (κ2) is 2.10. The average Bonchev–Trinajstić information content (AvgIpc) is 1.72. The molecular weight excluding hydrogens is 98.1 g/mol. The quantitative estimate of drug-likeness (QED) is 0.420. The average molecular weight is 102 g/mol. The molecular formula is C3H4NOS. The Balaban J connectivity index is 2.26. The van der Waals surface area contributed by atoms with Gasteiger partial charge in [-0.25, -0.2) is 0 Å². The monoisotopic (exact) mass is 102 g/mol. The smallest absolute Gasteiger partial charge is 0.0526 e. The zero-order chi connectivity index (χ0) is 4.24. The van der Waals surface area contributed by atoms with Crippen molar-refractivity contribution in [1.29, 1.82) is 0 Å². The van der Waals surface area contributed by atoms with Gasteiger partial charge in [-0.1, -0.05) is 6.08 Å². The highest BCUT2D eigenvalue weighted by Crippen LogP contribution is 2.03. The van der Waals surface area contributed by atoms with Crippen LogP contribution in [0.1, 0.15) is 0 Å². The summed E-state index contributed by atoms with van der Waals surface area (Å²) >= 11 is 1.34. The molecule has 1 aliphatic rings. The first-order chi connectivity index (χ1) is 3.00. The first-order valence-electron chi connectivity index (χ1n) is 1.64. The SMILES string of the molecule is C1=C[N]OSC1. The van der Waals surface area contributed by atoms with Gasteiger partial charge in [0.25, 0.3) is 0 Å². The fraction of sp³-hybridized carbons (Fsp3) is 0.333. The van der Waals surface area contributed by atoms with Crippen LogP contribution in [0.25, 0.3) is 0 Å². The molecule has 0 bridgehead atoms. The number of hydrogen-bond donors (Lipinski definition) is 0. The van der Waals surface area contributed by atoms with E-state index in [2.05, 4.69) is 9.76 Å². The van der Waals surface area contributed by atoms with Crippen LogP contribution < -0.4 is 5.48 Å². The summed E-state index contributed by atoms with van der Waals surface area (Å²) in [7, 11) is 0. The lowest BCUT2D eigenvalue weighted by Gasteiger charge is -1.97. The Morgan fingerprint density at radius 1 is 1.83 bits per heavy atom. The molecule has 0 aromatic carbocycles. The molecule has 0 unspecified atom stereocenters. The summed E-state index contributed by atoms with van der Waals surface area (Å²) in [5, 5.41) is 0. The molecule has 1 radical (unpaired) electrons. The normalized spacial score (nSPS) is 20.0. The fourth-order valence-corrected chi connectivity index (χ4v) is 0.547. The molecule has 0 atom stereocenters. The van der Waals surface area contributed by atoms with Crippen LogP contribution in [0.4, 0.5) is 0 Å². The summed E-state index contributed by atoms with van der Waals surface area (Å²) in [4.78, 5) is 0. The van der Waals surface area contributed by atoms with E-state index in [0.717, 1.165) is 5.75 Å². The van der Waals surface area contributed by atoms with Crippen molar-refractivity contribution in [1.82, 2.24) is 5.48 Å². The van der Waals surface area contributed by atoms with Crippen molar-refractivity contribution in [3.05, 3.63) is 12.3 Å². The van der Waals surface area contributed by atoms with Crippen molar-refractivity contribution in [2.75, 3.05) is 5.75 Å². The number of hydrogen-bond acceptors (Lipinski definition) is 2. The molecule has 33 valence electrons. The molecule has 0 N–H and O–H groups in total. The maximum atomic E-state index is 4.52. The first kappa shape index (κ1) is 4.02. The van der Waals surface area contributed by atoms with Crippen LogP contribution in [0.3, 0.4) is 0 Å². The largest absolute Gasteiger partial charge is 0.180 e. The van der Waals surface area contributed by atoms with Gasteiger partial charge in [0.05, 0.1) is 6.20 Å². The van der Waals surface area contributed by atoms with E-state index in [9.17, 15) is 0 Å². The van der Waals surface area contributed by atoms with Crippen LogP contribution >= 0.6 is 12.0 Å². The Morgan fingerprint density at radius 3 is 3.00 bits per heavy atom. The second-order valence-electron chi connectivity index (χ2n) is 0.849. The van der Waals surface area contributed by atoms with Crippen LogP contribution in [0, 0.1) is 0 Å². The third-order valence-corrected chi connectivity index (χ3v) is 0.946. The van der Waals surface area contributed by atoms with Gasteiger partial charge in [-0.15, -0.1) is 5.48 Å². The van der Waals surface area contributed by atoms with Gasteiger partial charge in [0.15, 0.2) is 0 Å². The van der Waals surface area contributed by atoms with Gasteiger partial charge in [0.1, 0.15) is 0 Å². The van der Waals surface area contributed by atoms with Gasteiger partial charge < -0.3 is 0 Å². The lowest BCUT2D eigenvalue weighted by Crippen LogP contribution is -1.95. The van der Waals surface area contributed by atoms with Crippen LogP contribution in [-0.4, -0.2) is 5.75 Å². The van der Waals surface area contributed by atoms with Gasteiger partial charge in [-0.3, -0.25) is 0 Å². The van der Waals surface area contributed by atoms with Crippen molar-refractivity contribution in [2.24, 2.45) is 0 Å². The fourth-order valence-electron chi connectivity index (χ4n) is 0.211. The molecule has 2 nitrogen and oxygen atoms in total. The molecule has 0 fully saturated rings. The van der Waals surface area contributed by atoms with E-state index in [-0.39, 0.29) is 0 Å². The van der Waals surface area contributed by atoms with Gasteiger partial charge in [0.2, 0.25) is 0 Å². The molecule has 0 spiro atoms. The van der Waals surface area contributed by atoms with Crippen LogP contribution in [-0.2, 0) is 4.28 Å². The van der Waals surface area contributed by atoms with E-state index in [0.29, 0.717) is 0 Å². The minimum Gasteiger partial charge on any atom is -0.180 e. The molecule has 3 heteroatoms. The lowest BCUT2D eigenvalue weighted by molar-refractivity contribution is 0.279. The molecule has 1 aliphatic heterocycles. The van der Waals surface area contributed by atoms with Gasteiger partial charge in [-0.05, 0) is 0 Å². The predicted octanol–water partition coefficient (Wildman–Crippen LogP) is 0.698. The maximum absolute atomic E-state index is 4.52. The predicted molar refractivity (Wildman–Crippen MR) is 24.8 cm³/mol. The van der Waals surface area contributed by atoms with Crippen LogP contribution in [0.15, 0.2) is 12.3 Å². The Kier molecular flexibility index (Phi) is 1.41. The van der Waals surface area contributed by atoms with Crippen molar-refractivity contribution in [3.8, 4) is 0 Å². The number of nitrogens with zero attached hydrogens (tertiary/aromatic N) is 1. The highest BCUT2D eigenvalue weighted by atomic mass is 32.2. The van der Waals surface area contributed by atoms with E-state index < -0.39 is 0 Å². The first-order valence-corrected chi connectivity index (χ1v) is 2.55. The van der Waals surface area contributed by atoms with Gasteiger partial charge in [0, 0.05) is 17.8 Å². The molecule has 0 aromatic rings. The standard InChI is InChI=1S/C3H4NOS/c1-2-4-5-6-3-1/h1-2H,3H2. The maximum Gasteiger partial charge on any atom is 0.0526 e. The number of rotatable bonds is 0. The Morgan fingerprint density at radius 2 is 2.83 bits per heavy atom. The van der Waals surface area contributed by atoms with Crippen molar-refractivity contribution >= 4 is 12.0 Å². The van der Waals surface area contributed by atoms with Crippen LogP contribution in [0.2, 0.25) is 0 Å². The number of hydroxylamine groups is 1. The van der Waals surface area contributed by atoms with Crippen molar-refractivity contribution in [3.63, 3.8) is 0 Å². The Hall–Kier alpha value is -0.150. The zero-order valence-electron chi connectivity index (χ0n) is 3.13. The minimum absolute atomic E-state index is 0.920. The van der Waals surface area contributed by atoms with Gasteiger partial charge >= 0.3 is 0 Å². The summed E-state index contributed by atoms with van der Waals surface area (Å²) < 4.78 is 4.52. The van der Waals surface area contributed by atoms with E-state index in [4.69, 9.17) is 0 Å². The van der Waals surface area contributed by atoms with E-state index in [1.54, 1.807) is 6.20 Å². The summed E-state index contributed by atoms with van der Waals surface area (Å²) in [6.07, 6.45) is 3.59.